The number of hydrogen-bond donors (Lipinski definition) is 2. The molecule has 5 heteroatoms. The fourth-order valence-corrected chi connectivity index (χ4v) is 2.89. The Bertz CT molecular complexity index is 453. The molecule has 1 aliphatic rings. The largest absolute Gasteiger partial charge is 0.492 e. The van der Waals surface area contributed by atoms with E-state index >= 15 is 0 Å². The summed E-state index contributed by atoms with van der Waals surface area (Å²) in [7, 11) is 0. The van der Waals surface area contributed by atoms with Crippen LogP contribution < -0.4 is 15.8 Å². The highest BCUT2D eigenvalue weighted by atomic mass is 79.9. The van der Waals surface area contributed by atoms with E-state index in [0.29, 0.717) is 13.2 Å². The molecule has 0 aromatic heterocycles. The number of rotatable bonds is 5. The summed E-state index contributed by atoms with van der Waals surface area (Å²) in [6, 6.07) is 7.84. The number of amides is 1. The molecule has 0 saturated heterocycles. The van der Waals surface area contributed by atoms with Gasteiger partial charge in [-0.15, -0.1) is 0 Å². The van der Waals surface area contributed by atoms with Gasteiger partial charge in [-0.05, 0) is 37.5 Å². The van der Waals surface area contributed by atoms with Crippen LogP contribution in [0.5, 0.6) is 5.75 Å². The molecule has 2 unspecified atom stereocenters. The lowest BCUT2D eigenvalue weighted by Crippen LogP contribution is -2.39. The van der Waals surface area contributed by atoms with Gasteiger partial charge in [-0.2, -0.15) is 0 Å². The average molecular weight is 341 g/mol. The first-order chi connectivity index (χ1) is 9.65. The highest BCUT2D eigenvalue weighted by Gasteiger charge is 2.24. The Morgan fingerprint density at radius 1 is 1.45 bits per heavy atom. The van der Waals surface area contributed by atoms with Crippen molar-refractivity contribution >= 4 is 21.8 Å². The van der Waals surface area contributed by atoms with E-state index in [2.05, 4.69) is 21.2 Å². The molecule has 4 nitrogen and oxygen atoms in total. The average Bonchev–Trinajstić information content (AvgIpc) is 2.43. The number of ether oxygens (including phenoxy) is 1. The molecule has 3 N–H and O–H groups in total. The molecule has 110 valence electrons. The third-order valence-corrected chi connectivity index (χ3v) is 4.04. The SMILES string of the molecule is NC1CCCC(C(=O)NCCOc2cccc(Br)c2)C1. The predicted octanol–water partition coefficient (Wildman–Crippen LogP) is 2.46. The number of hydrogen-bond acceptors (Lipinski definition) is 3. The van der Waals surface area contributed by atoms with Gasteiger partial charge in [-0.25, -0.2) is 0 Å². The second kappa shape index (κ2) is 7.64. The van der Waals surface area contributed by atoms with E-state index in [9.17, 15) is 4.79 Å². The van der Waals surface area contributed by atoms with Gasteiger partial charge in [0.25, 0.3) is 0 Å². The number of benzene rings is 1. The van der Waals surface area contributed by atoms with Crippen LogP contribution in [0.2, 0.25) is 0 Å². The van der Waals surface area contributed by atoms with Crippen molar-refractivity contribution in [1.29, 1.82) is 0 Å². The number of nitrogens with two attached hydrogens (primary N) is 1. The summed E-state index contributed by atoms with van der Waals surface area (Å²) in [6.45, 7) is 0.998. The van der Waals surface area contributed by atoms with E-state index in [4.69, 9.17) is 10.5 Å². The van der Waals surface area contributed by atoms with Crippen LogP contribution in [0.1, 0.15) is 25.7 Å². The summed E-state index contributed by atoms with van der Waals surface area (Å²) in [5, 5.41) is 2.93. The van der Waals surface area contributed by atoms with Gasteiger partial charge in [0.05, 0.1) is 6.54 Å². The Hall–Kier alpha value is -1.07. The van der Waals surface area contributed by atoms with Crippen molar-refractivity contribution in [1.82, 2.24) is 5.32 Å². The molecule has 0 radical (unpaired) electrons. The molecule has 20 heavy (non-hydrogen) atoms. The van der Waals surface area contributed by atoms with Crippen LogP contribution in [-0.2, 0) is 4.79 Å². The highest BCUT2D eigenvalue weighted by Crippen LogP contribution is 2.23. The molecule has 1 saturated carbocycles. The number of carbonyl (C=O) groups excluding carboxylic acids is 1. The van der Waals surface area contributed by atoms with Crippen molar-refractivity contribution in [3.05, 3.63) is 28.7 Å². The van der Waals surface area contributed by atoms with Crippen molar-refractivity contribution in [3.8, 4) is 5.75 Å². The first kappa shape index (κ1) is 15.3. The van der Waals surface area contributed by atoms with E-state index in [1.54, 1.807) is 0 Å². The van der Waals surface area contributed by atoms with E-state index in [-0.39, 0.29) is 17.9 Å². The third kappa shape index (κ3) is 4.80. The lowest BCUT2D eigenvalue weighted by molar-refractivity contribution is -0.126. The molecular formula is C15H21BrN2O2. The molecule has 0 aliphatic heterocycles. The standard InChI is InChI=1S/C15H21BrN2O2/c16-12-4-2-6-14(10-12)20-8-7-18-15(19)11-3-1-5-13(17)9-11/h2,4,6,10-11,13H,1,3,5,7-9,17H2,(H,18,19). The van der Waals surface area contributed by atoms with Gasteiger partial charge in [0.2, 0.25) is 5.91 Å². The number of nitrogens with one attached hydrogen (secondary N) is 1. The molecule has 1 fully saturated rings. The van der Waals surface area contributed by atoms with Crippen LogP contribution in [0.15, 0.2) is 28.7 Å². The number of carbonyl (C=O) groups is 1. The lowest BCUT2D eigenvalue weighted by Gasteiger charge is -2.25. The van der Waals surface area contributed by atoms with Gasteiger partial charge >= 0.3 is 0 Å². The molecule has 1 aromatic carbocycles. The summed E-state index contributed by atoms with van der Waals surface area (Å²) < 4.78 is 6.56. The maximum atomic E-state index is 12.0. The summed E-state index contributed by atoms with van der Waals surface area (Å²) in [5.74, 6) is 0.982. The molecule has 2 atom stereocenters. The summed E-state index contributed by atoms with van der Waals surface area (Å²) in [6.07, 6.45) is 3.84. The quantitative estimate of drug-likeness (QED) is 0.809. The molecular weight excluding hydrogens is 320 g/mol. The third-order valence-electron chi connectivity index (χ3n) is 3.55. The van der Waals surface area contributed by atoms with Gasteiger partial charge < -0.3 is 15.8 Å². The zero-order valence-electron chi connectivity index (χ0n) is 11.5. The van der Waals surface area contributed by atoms with Crippen molar-refractivity contribution in [2.75, 3.05) is 13.2 Å². The van der Waals surface area contributed by atoms with Gasteiger partial charge in [-0.3, -0.25) is 4.79 Å². The topological polar surface area (TPSA) is 64.4 Å². The van der Waals surface area contributed by atoms with Gasteiger partial charge in [0.15, 0.2) is 0 Å². The van der Waals surface area contributed by atoms with Crippen molar-refractivity contribution in [2.24, 2.45) is 11.7 Å². The Morgan fingerprint density at radius 3 is 3.05 bits per heavy atom. The van der Waals surface area contributed by atoms with Gasteiger partial charge in [0.1, 0.15) is 12.4 Å². The second-order valence-corrected chi connectivity index (χ2v) is 6.14. The van der Waals surface area contributed by atoms with Crippen molar-refractivity contribution < 1.29 is 9.53 Å². The maximum Gasteiger partial charge on any atom is 0.223 e. The van der Waals surface area contributed by atoms with Crippen LogP contribution in [0.4, 0.5) is 0 Å². The van der Waals surface area contributed by atoms with Crippen LogP contribution >= 0.6 is 15.9 Å². The smallest absolute Gasteiger partial charge is 0.223 e. The highest BCUT2D eigenvalue weighted by molar-refractivity contribution is 9.10. The molecule has 1 amide bonds. The van der Waals surface area contributed by atoms with E-state index < -0.39 is 0 Å². The lowest BCUT2D eigenvalue weighted by atomic mass is 9.85. The summed E-state index contributed by atoms with van der Waals surface area (Å²) in [4.78, 5) is 12.0. The van der Waals surface area contributed by atoms with Crippen LogP contribution in [-0.4, -0.2) is 25.1 Å². The van der Waals surface area contributed by atoms with Gasteiger partial charge in [0, 0.05) is 16.4 Å². The fourth-order valence-electron chi connectivity index (χ4n) is 2.51. The summed E-state index contributed by atoms with van der Waals surface area (Å²) >= 11 is 3.39. The Kier molecular flexibility index (Phi) is 5.86. The minimum absolute atomic E-state index is 0.0737. The van der Waals surface area contributed by atoms with Crippen LogP contribution in [0, 0.1) is 5.92 Å². The van der Waals surface area contributed by atoms with Crippen molar-refractivity contribution in [3.63, 3.8) is 0 Å². The maximum absolute atomic E-state index is 12.0. The minimum Gasteiger partial charge on any atom is -0.492 e. The molecule has 1 aromatic rings. The first-order valence-electron chi connectivity index (χ1n) is 7.07. The van der Waals surface area contributed by atoms with E-state index in [1.165, 1.54) is 0 Å². The Labute approximate surface area is 128 Å². The van der Waals surface area contributed by atoms with E-state index in [1.807, 2.05) is 24.3 Å². The predicted molar refractivity (Wildman–Crippen MR) is 82.6 cm³/mol. The van der Waals surface area contributed by atoms with Crippen LogP contribution in [0.3, 0.4) is 0 Å². The Balaban J connectivity index is 1.66. The Morgan fingerprint density at radius 2 is 2.30 bits per heavy atom. The van der Waals surface area contributed by atoms with E-state index in [0.717, 1.165) is 35.9 Å². The zero-order valence-corrected chi connectivity index (χ0v) is 13.1. The molecule has 0 spiro atoms. The first-order valence-corrected chi connectivity index (χ1v) is 7.86. The van der Waals surface area contributed by atoms with Gasteiger partial charge in [-0.1, -0.05) is 28.4 Å². The summed E-state index contributed by atoms with van der Waals surface area (Å²) in [5.41, 5.74) is 5.90. The van der Waals surface area contributed by atoms with Crippen LogP contribution in [0.25, 0.3) is 0 Å². The molecule has 0 bridgehead atoms. The minimum atomic E-state index is 0.0737. The van der Waals surface area contributed by atoms with Crippen molar-refractivity contribution in [2.45, 2.75) is 31.7 Å². The zero-order chi connectivity index (χ0) is 14.4. The fraction of sp³-hybridized carbons (Fsp3) is 0.533. The molecule has 2 rings (SSSR count). The number of halogens is 1. The molecule has 0 heterocycles. The normalized spacial score (nSPS) is 22.3. The monoisotopic (exact) mass is 340 g/mol. The molecule has 1 aliphatic carbocycles. The second-order valence-electron chi connectivity index (χ2n) is 5.22.